The number of aromatic nitrogens is 2. The third-order valence-corrected chi connectivity index (χ3v) is 5.21. The molecule has 4 nitrogen and oxygen atoms in total. The fraction of sp³-hybridized carbons (Fsp3) is 0.227. The molecule has 0 N–H and O–H groups in total. The Balaban J connectivity index is 1.81. The number of benzene rings is 2. The van der Waals surface area contributed by atoms with Crippen molar-refractivity contribution < 1.29 is 4.74 Å². The standard InChI is InChI=1S/C22H21N3OS/c1-4-19-12-21(26-20-10-5-7-15(2)16(20)3)25-22(24-19)27-14-18-9-6-8-17(11-18)13-23/h5-12H,4,14H2,1-3H3. The van der Waals surface area contributed by atoms with E-state index in [2.05, 4.69) is 36.0 Å². The van der Waals surface area contributed by atoms with Crippen LogP contribution >= 0.6 is 11.8 Å². The summed E-state index contributed by atoms with van der Waals surface area (Å²) < 4.78 is 6.05. The highest BCUT2D eigenvalue weighted by Crippen LogP contribution is 2.28. The Kier molecular flexibility index (Phi) is 6.10. The van der Waals surface area contributed by atoms with E-state index in [1.165, 1.54) is 5.56 Å². The molecule has 0 bridgehead atoms. The van der Waals surface area contributed by atoms with Crippen LogP contribution in [0.1, 0.15) is 34.9 Å². The Morgan fingerprint density at radius 3 is 2.67 bits per heavy atom. The number of thioether (sulfide) groups is 1. The molecule has 0 amide bonds. The Hall–Kier alpha value is -2.84. The molecule has 3 aromatic rings. The van der Waals surface area contributed by atoms with Crippen molar-refractivity contribution in [2.24, 2.45) is 0 Å². The van der Waals surface area contributed by atoms with Crippen molar-refractivity contribution in [3.05, 3.63) is 76.5 Å². The van der Waals surface area contributed by atoms with Crippen LogP contribution in [0.2, 0.25) is 0 Å². The van der Waals surface area contributed by atoms with Gasteiger partial charge in [-0.25, -0.2) is 4.98 Å². The van der Waals surface area contributed by atoms with Gasteiger partial charge in [0.05, 0.1) is 11.6 Å². The zero-order chi connectivity index (χ0) is 19.2. The van der Waals surface area contributed by atoms with Gasteiger partial charge in [0.2, 0.25) is 5.88 Å². The Morgan fingerprint density at radius 2 is 1.89 bits per heavy atom. The molecule has 5 heteroatoms. The Morgan fingerprint density at radius 1 is 1.07 bits per heavy atom. The van der Waals surface area contributed by atoms with E-state index in [0.717, 1.165) is 29.0 Å². The summed E-state index contributed by atoms with van der Waals surface area (Å²) in [5.41, 5.74) is 4.97. The first kappa shape index (κ1) is 18.9. The molecule has 1 heterocycles. The molecule has 0 atom stereocenters. The number of aryl methyl sites for hydroxylation is 2. The largest absolute Gasteiger partial charge is 0.439 e. The summed E-state index contributed by atoms with van der Waals surface area (Å²) >= 11 is 1.54. The van der Waals surface area contributed by atoms with Crippen molar-refractivity contribution in [2.45, 2.75) is 38.1 Å². The average molecular weight is 375 g/mol. The van der Waals surface area contributed by atoms with Gasteiger partial charge in [-0.3, -0.25) is 0 Å². The molecule has 27 heavy (non-hydrogen) atoms. The van der Waals surface area contributed by atoms with Gasteiger partial charge in [0.15, 0.2) is 5.16 Å². The summed E-state index contributed by atoms with van der Waals surface area (Å²) in [5.74, 6) is 2.07. The van der Waals surface area contributed by atoms with Crippen LogP contribution in [0.4, 0.5) is 0 Å². The molecule has 0 aliphatic carbocycles. The van der Waals surface area contributed by atoms with Crippen molar-refractivity contribution in [1.29, 1.82) is 5.26 Å². The maximum Gasteiger partial charge on any atom is 0.223 e. The zero-order valence-corrected chi connectivity index (χ0v) is 16.5. The molecule has 3 rings (SSSR count). The zero-order valence-electron chi connectivity index (χ0n) is 15.7. The van der Waals surface area contributed by atoms with Gasteiger partial charge >= 0.3 is 0 Å². The van der Waals surface area contributed by atoms with E-state index in [9.17, 15) is 0 Å². The highest BCUT2D eigenvalue weighted by Gasteiger charge is 2.09. The third-order valence-electron chi connectivity index (χ3n) is 4.29. The number of rotatable bonds is 6. The number of hydrogen-bond donors (Lipinski definition) is 0. The lowest BCUT2D eigenvalue weighted by molar-refractivity contribution is 0.450. The van der Waals surface area contributed by atoms with E-state index in [4.69, 9.17) is 10.00 Å². The number of ether oxygens (including phenoxy) is 1. The van der Waals surface area contributed by atoms with Crippen LogP contribution < -0.4 is 4.74 Å². The van der Waals surface area contributed by atoms with Gasteiger partial charge in [0.25, 0.3) is 0 Å². The number of hydrogen-bond acceptors (Lipinski definition) is 5. The predicted molar refractivity (Wildman–Crippen MR) is 108 cm³/mol. The smallest absolute Gasteiger partial charge is 0.223 e. The van der Waals surface area contributed by atoms with Crippen molar-refractivity contribution >= 4 is 11.8 Å². The highest BCUT2D eigenvalue weighted by atomic mass is 32.2. The SMILES string of the molecule is CCc1cc(Oc2cccc(C)c2C)nc(SCc2cccc(C#N)c2)n1. The van der Waals surface area contributed by atoms with Crippen molar-refractivity contribution in [3.63, 3.8) is 0 Å². The molecule has 0 unspecified atom stereocenters. The molecule has 136 valence electrons. The van der Waals surface area contributed by atoms with E-state index in [1.807, 2.05) is 43.3 Å². The lowest BCUT2D eigenvalue weighted by Gasteiger charge is -2.11. The van der Waals surface area contributed by atoms with Gasteiger partial charge < -0.3 is 4.74 Å². The summed E-state index contributed by atoms with van der Waals surface area (Å²) in [6.07, 6.45) is 0.809. The summed E-state index contributed by atoms with van der Waals surface area (Å²) in [6, 6.07) is 17.7. The number of nitrogens with zero attached hydrogens (tertiary/aromatic N) is 3. The quantitative estimate of drug-likeness (QED) is 0.414. The van der Waals surface area contributed by atoms with Gasteiger partial charge in [-0.2, -0.15) is 10.2 Å². The van der Waals surface area contributed by atoms with Gasteiger partial charge in [-0.15, -0.1) is 0 Å². The van der Waals surface area contributed by atoms with Crippen LogP contribution in [-0.2, 0) is 12.2 Å². The first-order valence-electron chi connectivity index (χ1n) is 8.83. The number of nitriles is 1. The summed E-state index contributed by atoms with van der Waals surface area (Å²) in [7, 11) is 0. The van der Waals surface area contributed by atoms with Crippen LogP contribution in [0.15, 0.2) is 53.7 Å². The molecule has 0 saturated carbocycles. The van der Waals surface area contributed by atoms with Crippen LogP contribution in [0.3, 0.4) is 0 Å². The normalized spacial score (nSPS) is 10.4. The minimum atomic E-state index is 0.559. The molecular formula is C22H21N3OS. The minimum Gasteiger partial charge on any atom is -0.439 e. The van der Waals surface area contributed by atoms with Gasteiger partial charge in [-0.1, -0.05) is 43.0 Å². The first-order valence-corrected chi connectivity index (χ1v) is 9.81. The van der Waals surface area contributed by atoms with Crippen LogP contribution in [0.25, 0.3) is 0 Å². The Bertz CT molecular complexity index is 995. The second-order valence-corrected chi connectivity index (χ2v) is 7.18. The fourth-order valence-corrected chi connectivity index (χ4v) is 3.38. The summed E-state index contributed by atoms with van der Waals surface area (Å²) in [4.78, 5) is 9.17. The van der Waals surface area contributed by atoms with Gasteiger partial charge in [0, 0.05) is 17.5 Å². The van der Waals surface area contributed by atoms with E-state index in [-0.39, 0.29) is 0 Å². The van der Waals surface area contributed by atoms with Crippen LogP contribution in [-0.4, -0.2) is 9.97 Å². The molecule has 0 aliphatic heterocycles. The molecule has 1 aromatic heterocycles. The van der Waals surface area contributed by atoms with E-state index >= 15 is 0 Å². The molecule has 0 radical (unpaired) electrons. The van der Waals surface area contributed by atoms with Gasteiger partial charge in [-0.05, 0) is 55.2 Å². The molecule has 0 aliphatic rings. The van der Waals surface area contributed by atoms with Crippen molar-refractivity contribution in [3.8, 4) is 17.7 Å². The van der Waals surface area contributed by atoms with Gasteiger partial charge in [0.1, 0.15) is 5.75 Å². The Labute approximate surface area is 164 Å². The second-order valence-electron chi connectivity index (χ2n) is 6.23. The summed E-state index contributed by atoms with van der Waals surface area (Å²) in [5, 5.41) is 9.71. The van der Waals surface area contributed by atoms with E-state index < -0.39 is 0 Å². The second kappa shape index (κ2) is 8.70. The molecule has 2 aromatic carbocycles. The molecule has 0 spiro atoms. The van der Waals surface area contributed by atoms with Crippen molar-refractivity contribution in [1.82, 2.24) is 9.97 Å². The topological polar surface area (TPSA) is 58.8 Å². The minimum absolute atomic E-state index is 0.559. The lowest BCUT2D eigenvalue weighted by Crippen LogP contribution is -1.98. The van der Waals surface area contributed by atoms with Crippen LogP contribution in [0, 0.1) is 25.2 Å². The average Bonchev–Trinajstić information content (AvgIpc) is 2.70. The first-order chi connectivity index (χ1) is 13.1. The summed E-state index contributed by atoms with van der Waals surface area (Å²) in [6.45, 7) is 6.18. The van der Waals surface area contributed by atoms with E-state index in [1.54, 1.807) is 17.8 Å². The third kappa shape index (κ3) is 4.87. The molecular weight excluding hydrogens is 354 g/mol. The highest BCUT2D eigenvalue weighted by molar-refractivity contribution is 7.98. The lowest BCUT2D eigenvalue weighted by atomic mass is 10.1. The molecule has 0 saturated heterocycles. The maximum atomic E-state index is 9.04. The fourth-order valence-electron chi connectivity index (χ4n) is 2.57. The predicted octanol–water partition coefficient (Wildman–Crippen LogP) is 5.61. The molecule has 0 fully saturated rings. The van der Waals surface area contributed by atoms with Crippen molar-refractivity contribution in [2.75, 3.05) is 0 Å². The van der Waals surface area contributed by atoms with Crippen LogP contribution in [0.5, 0.6) is 11.6 Å². The monoisotopic (exact) mass is 375 g/mol. The maximum absolute atomic E-state index is 9.04. The van der Waals surface area contributed by atoms with E-state index in [0.29, 0.717) is 22.4 Å².